The molecule has 0 saturated heterocycles. The number of fused-ring (bicyclic) bond motifs is 1. The highest BCUT2D eigenvalue weighted by Crippen LogP contribution is 2.38. The fourth-order valence-corrected chi connectivity index (χ4v) is 3.28. The first-order valence-electron chi connectivity index (χ1n) is 8.58. The van der Waals surface area contributed by atoms with Crippen LogP contribution >= 0.6 is 0 Å². The lowest BCUT2D eigenvalue weighted by molar-refractivity contribution is -0.138. The molecule has 3 rings (SSSR count). The van der Waals surface area contributed by atoms with Crippen LogP contribution in [0.2, 0.25) is 0 Å². The number of nitrogens with two attached hydrogens (primary N) is 1. The molecule has 2 aromatic rings. The third kappa shape index (κ3) is 3.16. The van der Waals surface area contributed by atoms with E-state index >= 15 is 0 Å². The van der Waals surface area contributed by atoms with Crippen LogP contribution in [0.15, 0.2) is 64.5 Å². The van der Waals surface area contributed by atoms with Crippen LogP contribution in [0.1, 0.15) is 24.0 Å². The number of carbonyl (C=O) groups excluding carboxylic acids is 1. The Morgan fingerprint density at radius 1 is 1.46 bits per heavy atom. The molecule has 0 aliphatic carbocycles. The van der Waals surface area contributed by atoms with Crippen LogP contribution in [0.25, 0.3) is 10.9 Å². The maximum atomic E-state index is 12.9. The van der Waals surface area contributed by atoms with Crippen LogP contribution < -0.4 is 11.3 Å². The number of aromatic amines is 1. The van der Waals surface area contributed by atoms with Gasteiger partial charge in [0.15, 0.2) is 0 Å². The van der Waals surface area contributed by atoms with E-state index in [1.807, 2.05) is 31.2 Å². The van der Waals surface area contributed by atoms with Crippen molar-refractivity contribution in [1.29, 1.82) is 5.26 Å². The number of ether oxygens (including phenoxy) is 2. The van der Waals surface area contributed by atoms with Crippen LogP contribution in [0, 0.1) is 18.3 Å². The molecule has 7 nitrogen and oxygen atoms in total. The Labute approximate surface area is 161 Å². The SMILES string of the molecule is C=CCOC(=O)C1=C(C)OC(N)=C(C#N)[C@@H]1c1cc2cccc(C)c2[nH]c1=O. The Bertz CT molecular complexity index is 1150. The largest absolute Gasteiger partial charge is 0.458 e. The Morgan fingerprint density at radius 3 is 2.89 bits per heavy atom. The molecule has 0 fully saturated rings. The summed E-state index contributed by atoms with van der Waals surface area (Å²) < 4.78 is 10.5. The summed E-state index contributed by atoms with van der Waals surface area (Å²) in [4.78, 5) is 28.4. The van der Waals surface area contributed by atoms with E-state index in [9.17, 15) is 14.9 Å². The minimum atomic E-state index is -0.996. The van der Waals surface area contributed by atoms with Gasteiger partial charge in [-0.1, -0.05) is 30.9 Å². The summed E-state index contributed by atoms with van der Waals surface area (Å²) in [6.07, 6.45) is 1.42. The lowest BCUT2D eigenvalue weighted by atomic mass is 9.83. The predicted octanol–water partition coefficient (Wildman–Crippen LogP) is 2.65. The van der Waals surface area contributed by atoms with Crippen molar-refractivity contribution in [3.63, 3.8) is 0 Å². The second-order valence-corrected chi connectivity index (χ2v) is 6.37. The highest BCUT2D eigenvalue weighted by Gasteiger charge is 2.37. The van der Waals surface area contributed by atoms with Crippen molar-refractivity contribution >= 4 is 16.9 Å². The van der Waals surface area contributed by atoms with Crippen LogP contribution in [-0.4, -0.2) is 17.6 Å². The van der Waals surface area contributed by atoms with E-state index in [-0.39, 0.29) is 35.0 Å². The molecule has 3 N–H and O–H groups in total. The minimum Gasteiger partial charge on any atom is -0.458 e. The number of nitrogens with one attached hydrogen (secondary N) is 1. The molecule has 0 bridgehead atoms. The van der Waals surface area contributed by atoms with E-state index < -0.39 is 17.4 Å². The average Bonchev–Trinajstić information content (AvgIpc) is 2.66. The van der Waals surface area contributed by atoms with E-state index in [1.54, 1.807) is 6.07 Å². The summed E-state index contributed by atoms with van der Waals surface area (Å²) in [6, 6.07) is 9.21. The normalized spacial score (nSPS) is 16.5. The lowest BCUT2D eigenvalue weighted by Crippen LogP contribution is -2.29. The van der Waals surface area contributed by atoms with Gasteiger partial charge < -0.3 is 20.2 Å². The summed E-state index contributed by atoms with van der Waals surface area (Å²) in [5.41, 5.74) is 7.30. The highest BCUT2D eigenvalue weighted by atomic mass is 16.5. The molecule has 1 aromatic heterocycles. The quantitative estimate of drug-likeness (QED) is 0.625. The van der Waals surface area contributed by atoms with E-state index in [0.29, 0.717) is 5.52 Å². The lowest BCUT2D eigenvalue weighted by Gasteiger charge is -2.26. The zero-order chi connectivity index (χ0) is 20.4. The molecule has 0 amide bonds. The molecule has 1 aromatic carbocycles. The second-order valence-electron chi connectivity index (χ2n) is 6.37. The van der Waals surface area contributed by atoms with Crippen LogP contribution in [0.3, 0.4) is 0 Å². The Balaban J connectivity index is 2.26. The first-order valence-corrected chi connectivity index (χ1v) is 8.58. The number of allylic oxidation sites excluding steroid dienone is 2. The van der Waals surface area contributed by atoms with Gasteiger partial charge in [-0.25, -0.2) is 4.79 Å². The number of nitriles is 1. The number of esters is 1. The van der Waals surface area contributed by atoms with Crippen LogP contribution in [0.5, 0.6) is 0 Å². The Morgan fingerprint density at radius 2 is 2.21 bits per heavy atom. The van der Waals surface area contributed by atoms with Crippen molar-refractivity contribution in [2.45, 2.75) is 19.8 Å². The van der Waals surface area contributed by atoms with Crippen molar-refractivity contribution in [3.8, 4) is 6.07 Å². The van der Waals surface area contributed by atoms with Gasteiger partial charge in [0, 0.05) is 5.56 Å². The van der Waals surface area contributed by atoms with Gasteiger partial charge in [0.05, 0.1) is 17.0 Å². The molecule has 142 valence electrons. The smallest absolute Gasteiger partial charge is 0.338 e. The van der Waals surface area contributed by atoms with Crippen LogP contribution in [0.4, 0.5) is 0 Å². The minimum absolute atomic E-state index is 0.0172. The molecule has 1 aliphatic heterocycles. The molecule has 7 heteroatoms. The predicted molar refractivity (Wildman–Crippen MR) is 104 cm³/mol. The average molecular weight is 377 g/mol. The fourth-order valence-electron chi connectivity index (χ4n) is 3.28. The summed E-state index contributed by atoms with van der Waals surface area (Å²) in [5.74, 6) is -1.66. The maximum Gasteiger partial charge on any atom is 0.338 e. The number of aryl methyl sites for hydroxylation is 1. The number of aromatic nitrogens is 1. The molecule has 0 radical (unpaired) electrons. The number of hydrogen-bond acceptors (Lipinski definition) is 6. The van der Waals surface area contributed by atoms with Crippen molar-refractivity contribution in [2.24, 2.45) is 5.73 Å². The van der Waals surface area contributed by atoms with Gasteiger partial charge >= 0.3 is 5.97 Å². The summed E-state index contributed by atoms with van der Waals surface area (Å²) in [6.45, 7) is 6.92. The van der Waals surface area contributed by atoms with Crippen molar-refractivity contribution in [3.05, 3.63) is 81.2 Å². The number of rotatable bonds is 4. The third-order valence-electron chi connectivity index (χ3n) is 4.59. The van der Waals surface area contributed by atoms with Gasteiger partial charge in [-0.15, -0.1) is 0 Å². The molecule has 0 unspecified atom stereocenters. The van der Waals surface area contributed by atoms with Crippen molar-refractivity contribution in [2.75, 3.05) is 6.61 Å². The summed E-state index contributed by atoms with van der Waals surface area (Å²) in [5, 5.41) is 10.4. The molecule has 28 heavy (non-hydrogen) atoms. The van der Waals surface area contributed by atoms with Gasteiger partial charge in [-0.05, 0) is 30.9 Å². The van der Waals surface area contributed by atoms with Crippen molar-refractivity contribution < 1.29 is 14.3 Å². The molecule has 1 atom stereocenters. The number of nitrogens with zero attached hydrogens (tertiary/aromatic N) is 1. The Kier molecular flexibility index (Phi) is 5.05. The Hall–Kier alpha value is -3.79. The monoisotopic (exact) mass is 377 g/mol. The molecule has 0 saturated carbocycles. The number of hydrogen-bond donors (Lipinski definition) is 2. The highest BCUT2D eigenvalue weighted by molar-refractivity contribution is 5.93. The van der Waals surface area contributed by atoms with E-state index in [2.05, 4.69) is 11.6 Å². The standard InChI is InChI=1S/C21H19N3O4/c1-4-8-27-21(26)16-12(3)28-19(23)15(10-22)17(16)14-9-13-7-5-6-11(2)18(13)24-20(14)25/h4-7,9,17H,1,8,23H2,2-3H3,(H,24,25)/t17-/m0/s1. The molecular formula is C21H19N3O4. The fraction of sp³-hybridized carbons (Fsp3) is 0.190. The maximum absolute atomic E-state index is 12.9. The van der Waals surface area contributed by atoms with Crippen molar-refractivity contribution in [1.82, 2.24) is 4.98 Å². The molecule has 0 spiro atoms. The summed E-state index contributed by atoms with van der Waals surface area (Å²) >= 11 is 0. The molecule has 1 aliphatic rings. The van der Waals surface area contributed by atoms with E-state index in [1.165, 1.54) is 13.0 Å². The second kappa shape index (κ2) is 7.45. The number of carbonyl (C=O) groups is 1. The van der Waals surface area contributed by atoms with E-state index in [0.717, 1.165) is 10.9 Å². The van der Waals surface area contributed by atoms with Gasteiger partial charge in [-0.2, -0.15) is 5.26 Å². The first-order chi connectivity index (χ1) is 13.4. The van der Waals surface area contributed by atoms with Gasteiger partial charge in [0.2, 0.25) is 5.88 Å². The zero-order valence-corrected chi connectivity index (χ0v) is 15.5. The van der Waals surface area contributed by atoms with Gasteiger partial charge in [0.25, 0.3) is 5.56 Å². The molecular weight excluding hydrogens is 358 g/mol. The van der Waals surface area contributed by atoms with Gasteiger partial charge in [-0.3, -0.25) is 4.79 Å². The number of para-hydroxylation sites is 1. The number of benzene rings is 1. The number of pyridine rings is 1. The number of H-pyrrole nitrogens is 1. The van der Waals surface area contributed by atoms with Gasteiger partial charge in [0.1, 0.15) is 24.0 Å². The topological polar surface area (TPSA) is 118 Å². The first kappa shape index (κ1) is 19.0. The van der Waals surface area contributed by atoms with E-state index in [4.69, 9.17) is 15.2 Å². The van der Waals surface area contributed by atoms with Crippen LogP contribution in [-0.2, 0) is 14.3 Å². The molecule has 2 heterocycles. The zero-order valence-electron chi connectivity index (χ0n) is 15.5. The summed E-state index contributed by atoms with van der Waals surface area (Å²) in [7, 11) is 0. The third-order valence-corrected chi connectivity index (χ3v) is 4.59.